The van der Waals surface area contributed by atoms with Gasteiger partial charge in [0.1, 0.15) is 4.47 Å². The lowest BCUT2D eigenvalue weighted by Crippen LogP contribution is -2.30. The van der Waals surface area contributed by atoms with Gasteiger partial charge in [-0.3, -0.25) is 9.69 Å². The fourth-order valence-corrected chi connectivity index (χ4v) is 2.22. The van der Waals surface area contributed by atoms with E-state index in [2.05, 4.69) is 15.9 Å². The summed E-state index contributed by atoms with van der Waals surface area (Å²) >= 11 is 3.18. The number of pyridine rings is 1. The first-order valence-corrected chi connectivity index (χ1v) is 7.23. The van der Waals surface area contributed by atoms with Crippen LogP contribution in [0.15, 0.2) is 51.9 Å². The highest BCUT2D eigenvalue weighted by Gasteiger charge is 2.16. The van der Waals surface area contributed by atoms with Crippen LogP contribution in [0.25, 0.3) is 0 Å². The molecule has 0 aliphatic rings. The second-order valence-electron chi connectivity index (χ2n) is 4.35. The van der Waals surface area contributed by atoms with Gasteiger partial charge in [0, 0.05) is 25.5 Å². The highest BCUT2D eigenvalue weighted by atomic mass is 79.9. The average Bonchev–Trinajstić information content (AvgIpc) is 2.52. The van der Waals surface area contributed by atoms with Crippen LogP contribution in [0.4, 0.5) is 10.5 Å². The normalized spacial score (nSPS) is 10.2. The molecule has 1 heterocycles. The van der Waals surface area contributed by atoms with Crippen LogP contribution < -0.4 is 15.2 Å². The molecule has 21 heavy (non-hydrogen) atoms. The summed E-state index contributed by atoms with van der Waals surface area (Å²) < 4.78 is 7.02. The van der Waals surface area contributed by atoms with E-state index < -0.39 is 6.09 Å². The molecule has 0 N–H and O–H groups in total. The number of ether oxygens (including phenoxy) is 1. The van der Waals surface area contributed by atoms with E-state index in [1.54, 1.807) is 31.4 Å². The largest absolute Gasteiger partial charge is 0.419 e. The lowest BCUT2D eigenvalue weighted by atomic mass is 10.3. The molecule has 0 aliphatic carbocycles. The van der Waals surface area contributed by atoms with Gasteiger partial charge in [0.15, 0.2) is 5.75 Å². The van der Waals surface area contributed by atoms with Gasteiger partial charge < -0.3 is 9.30 Å². The number of hydrogen-bond acceptors (Lipinski definition) is 3. The highest BCUT2D eigenvalue weighted by Crippen LogP contribution is 2.22. The van der Waals surface area contributed by atoms with E-state index in [-0.39, 0.29) is 15.8 Å². The molecule has 1 aromatic carbocycles. The fraction of sp³-hybridized carbons (Fsp3) is 0.200. The summed E-state index contributed by atoms with van der Waals surface area (Å²) in [5, 5.41) is 0. The molecule has 0 aliphatic heterocycles. The van der Waals surface area contributed by atoms with Crippen LogP contribution in [0.5, 0.6) is 5.75 Å². The zero-order valence-electron chi connectivity index (χ0n) is 11.7. The van der Waals surface area contributed by atoms with Crippen LogP contribution in [0.2, 0.25) is 0 Å². The SMILES string of the molecule is CCn1ccc(OC(=O)N(C)c2ccccc2)c(Br)c1=O. The predicted molar refractivity (Wildman–Crippen MR) is 84.9 cm³/mol. The number of halogens is 1. The molecule has 0 radical (unpaired) electrons. The first-order chi connectivity index (χ1) is 10.0. The molecule has 1 amide bonds. The standard InChI is InChI=1S/C15H15BrN2O3/c1-3-18-10-9-12(13(16)14(18)19)21-15(20)17(2)11-7-5-4-6-8-11/h4-10H,3H2,1-2H3. The minimum atomic E-state index is -0.560. The Hall–Kier alpha value is -2.08. The van der Waals surface area contributed by atoms with Gasteiger partial charge in [-0.2, -0.15) is 0 Å². The zero-order valence-corrected chi connectivity index (χ0v) is 13.3. The number of aryl methyl sites for hydroxylation is 1. The molecule has 0 fully saturated rings. The average molecular weight is 351 g/mol. The molecule has 0 saturated carbocycles. The summed E-state index contributed by atoms with van der Waals surface area (Å²) in [6, 6.07) is 10.7. The Morgan fingerprint density at radius 1 is 1.29 bits per heavy atom. The summed E-state index contributed by atoms with van der Waals surface area (Å²) in [6.45, 7) is 2.41. The summed E-state index contributed by atoms with van der Waals surface area (Å²) in [5.74, 6) is 0.206. The van der Waals surface area contributed by atoms with Gasteiger partial charge >= 0.3 is 6.09 Å². The van der Waals surface area contributed by atoms with Gasteiger partial charge in [-0.25, -0.2) is 4.79 Å². The fourth-order valence-electron chi connectivity index (χ4n) is 1.78. The van der Waals surface area contributed by atoms with Crippen LogP contribution in [-0.4, -0.2) is 17.7 Å². The van der Waals surface area contributed by atoms with E-state index in [0.29, 0.717) is 12.2 Å². The van der Waals surface area contributed by atoms with Crippen molar-refractivity contribution >= 4 is 27.7 Å². The number of benzene rings is 1. The van der Waals surface area contributed by atoms with Crippen molar-refractivity contribution in [3.8, 4) is 5.75 Å². The number of nitrogens with zero attached hydrogens (tertiary/aromatic N) is 2. The predicted octanol–water partition coefficient (Wildman–Crippen LogP) is 3.27. The monoisotopic (exact) mass is 350 g/mol. The Kier molecular flexibility index (Phi) is 4.80. The Morgan fingerprint density at radius 3 is 2.57 bits per heavy atom. The van der Waals surface area contributed by atoms with Crippen LogP contribution in [0, 0.1) is 0 Å². The van der Waals surface area contributed by atoms with Gasteiger partial charge in [-0.1, -0.05) is 18.2 Å². The number of carbonyl (C=O) groups excluding carboxylic acids is 1. The minimum absolute atomic E-state index is 0.206. The third kappa shape index (κ3) is 3.33. The van der Waals surface area contributed by atoms with Gasteiger partial charge in [0.2, 0.25) is 0 Å². The molecule has 110 valence electrons. The van der Waals surface area contributed by atoms with Gasteiger partial charge in [-0.05, 0) is 41.1 Å². The molecule has 0 spiro atoms. The van der Waals surface area contributed by atoms with E-state index in [0.717, 1.165) is 0 Å². The quantitative estimate of drug-likeness (QED) is 0.853. The molecule has 1 aromatic heterocycles. The van der Waals surface area contributed by atoms with Crippen molar-refractivity contribution in [2.45, 2.75) is 13.5 Å². The number of anilines is 1. The van der Waals surface area contributed by atoms with E-state index in [4.69, 9.17) is 4.74 Å². The van der Waals surface area contributed by atoms with Crippen LogP contribution in [-0.2, 0) is 6.54 Å². The Balaban J connectivity index is 2.21. The second kappa shape index (κ2) is 6.58. The maximum absolute atomic E-state index is 12.1. The first-order valence-electron chi connectivity index (χ1n) is 6.44. The number of para-hydroxylation sites is 1. The van der Waals surface area contributed by atoms with Crippen molar-refractivity contribution in [2.24, 2.45) is 0 Å². The Labute approximate surface area is 130 Å². The third-order valence-electron chi connectivity index (χ3n) is 3.03. The number of amides is 1. The van der Waals surface area contributed by atoms with Crippen molar-refractivity contribution in [1.29, 1.82) is 0 Å². The molecular formula is C15H15BrN2O3. The topological polar surface area (TPSA) is 51.5 Å². The van der Waals surface area contributed by atoms with Crippen molar-refractivity contribution < 1.29 is 9.53 Å². The summed E-state index contributed by atoms with van der Waals surface area (Å²) in [5.41, 5.74) is 0.477. The van der Waals surface area contributed by atoms with Crippen LogP contribution in [0.3, 0.4) is 0 Å². The minimum Gasteiger partial charge on any atom is -0.408 e. The summed E-state index contributed by atoms with van der Waals surface area (Å²) in [4.78, 5) is 25.4. The number of carbonyl (C=O) groups is 1. The molecule has 0 saturated heterocycles. The van der Waals surface area contributed by atoms with Gasteiger partial charge in [0.25, 0.3) is 5.56 Å². The molecule has 2 rings (SSSR count). The summed E-state index contributed by atoms with van der Waals surface area (Å²) in [7, 11) is 1.61. The van der Waals surface area contributed by atoms with Crippen molar-refractivity contribution in [1.82, 2.24) is 4.57 Å². The van der Waals surface area contributed by atoms with E-state index in [9.17, 15) is 9.59 Å². The van der Waals surface area contributed by atoms with Crippen molar-refractivity contribution in [3.05, 3.63) is 57.4 Å². The number of hydrogen-bond donors (Lipinski definition) is 0. The zero-order chi connectivity index (χ0) is 15.4. The third-order valence-corrected chi connectivity index (χ3v) is 3.76. The van der Waals surface area contributed by atoms with E-state index >= 15 is 0 Å². The molecule has 0 bridgehead atoms. The number of aromatic nitrogens is 1. The maximum atomic E-state index is 12.1. The van der Waals surface area contributed by atoms with Gasteiger partial charge in [-0.15, -0.1) is 0 Å². The van der Waals surface area contributed by atoms with E-state index in [1.807, 2.05) is 25.1 Å². The number of rotatable bonds is 3. The first kappa shape index (κ1) is 15.3. The second-order valence-corrected chi connectivity index (χ2v) is 5.14. The Bertz CT molecular complexity index is 698. The maximum Gasteiger partial charge on any atom is 0.419 e. The molecule has 6 heteroatoms. The van der Waals surface area contributed by atoms with Crippen LogP contribution >= 0.6 is 15.9 Å². The lowest BCUT2D eigenvalue weighted by molar-refractivity contribution is 0.208. The smallest absolute Gasteiger partial charge is 0.408 e. The van der Waals surface area contributed by atoms with Crippen molar-refractivity contribution in [3.63, 3.8) is 0 Å². The van der Waals surface area contributed by atoms with E-state index in [1.165, 1.54) is 9.47 Å². The molecule has 2 aromatic rings. The molecule has 5 nitrogen and oxygen atoms in total. The lowest BCUT2D eigenvalue weighted by Gasteiger charge is -2.17. The van der Waals surface area contributed by atoms with Crippen molar-refractivity contribution in [2.75, 3.05) is 11.9 Å². The molecular weight excluding hydrogens is 336 g/mol. The van der Waals surface area contributed by atoms with Crippen LogP contribution in [0.1, 0.15) is 6.92 Å². The Morgan fingerprint density at radius 2 is 1.95 bits per heavy atom. The highest BCUT2D eigenvalue weighted by molar-refractivity contribution is 9.10. The molecule has 0 atom stereocenters. The molecule has 0 unspecified atom stereocenters. The van der Waals surface area contributed by atoms with Gasteiger partial charge in [0.05, 0.1) is 0 Å². The summed E-state index contributed by atoms with van der Waals surface area (Å²) in [6.07, 6.45) is 1.04.